The van der Waals surface area contributed by atoms with Crippen molar-refractivity contribution < 1.29 is 9.53 Å². The second-order valence-electron chi connectivity index (χ2n) is 7.60. The van der Waals surface area contributed by atoms with Crippen LogP contribution >= 0.6 is 0 Å². The van der Waals surface area contributed by atoms with Crippen LogP contribution in [0.5, 0.6) is 0 Å². The van der Waals surface area contributed by atoms with E-state index in [1.807, 2.05) is 4.90 Å². The standard InChI is InChI=1S/C20H31N3O4/c1-2-27-20(26)15-8-7-12-23(14-15)17-16(18(24)19(17)25)21-9-13-22-10-5-3-4-6-11-22/h15,21H,2-14H2,1H3. The van der Waals surface area contributed by atoms with Crippen LogP contribution in [0, 0.1) is 5.92 Å². The van der Waals surface area contributed by atoms with Gasteiger partial charge in [0.15, 0.2) is 0 Å². The molecule has 2 aliphatic heterocycles. The van der Waals surface area contributed by atoms with E-state index in [0.29, 0.717) is 37.6 Å². The van der Waals surface area contributed by atoms with E-state index in [-0.39, 0.29) is 11.9 Å². The van der Waals surface area contributed by atoms with Gasteiger partial charge in [-0.05, 0) is 45.7 Å². The summed E-state index contributed by atoms with van der Waals surface area (Å²) in [5, 5.41) is 3.19. The van der Waals surface area contributed by atoms with Crippen molar-refractivity contribution in [3.63, 3.8) is 0 Å². The maximum Gasteiger partial charge on any atom is 0.310 e. The van der Waals surface area contributed by atoms with Gasteiger partial charge < -0.3 is 19.9 Å². The van der Waals surface area contributed by atoms with E-state index in [9.17, 15) is 14.4 Å². The predicted octanol–water partition coefficient (Wildman–Crippen LogP) is 1.35. The maximum absolute atomic E-state index is 12.2. The monoisotopic (exact) mass is 377 g/mol. The molecule has 2 saturated heterocycles. The number of rotatable bonds is 7. The van der Waals surface area contributed by atoms with Crippen molar-refractivity contribution in [2.45, 2.75) is 45.4 Å². The summed E-state index contributed by atoms with van der Waals surface area (Å²) in [6, 6.07) is 0. The lowest BCUT2D eigenvalue weighted by Crippen LogP contribution is -2.48. The van der Waals surface area contributed by atoms with Gasteiger partial charge in [0.2, 0.25) is 0 Å². The van der Waals surface area contributed by atoms with Gasteiger partial charge >= 0.3 is 5.97 Å². The van der Waals surface area contributed by atoms with Crippen LogP contribution in [0.2, 0.25) is 0 Å². The minimum Gasteiger partial charge on any atom is -0.466 e. The predicted molar refractivity (Wildman–Crippen MR) is 106 cm³/mol. The van der Waals surface area contributed by atoms with E-state index in [1.165, 1.54) is 25.7 Å². The summed E-state index contributed by atoms with van der Waals surface area (Å²) in [7, 11) is 0. The Labute approximate surface area is 160 Å². The third-order valence-electron chi connectivity index (χ3n) is 5.67. The molecule has 0 spiro atoms. The molecule has 0 amide bonds. The van der Waals surface area contributed by atoms with E-state index < -0.39 is 10.9 Å². The van der Waals surface area contributed by atoms with Crippen molar-refractivity contribution in [3.05, 3.63) is 20.4 Å². The summed E-state index contributed by atoms with van der Waals surface area (Å²) in [6.45, 7) is 7.05. The summed E-state index contributed by atoms with van der Waals surface area (Å²) in [6.07, 6.45) is 6.63. The van der Waals surface area contributed by atoms with E-state index in [4.69, 9.17) is 4.74 Å². The fourth-order valence-electron chi connectivity index (χ4n) is 4.18. The third-order valence-corrected chi connectivity index (χ3v) is 5.67. The third kappa shape index (κ3) is 4.69. The number of carbonyl (C=O) groups excluding carboxylic acids is 1. The van der Waals surface area contributed by atoms with Crippen molar-refractivity contribution in [1.82, 2.24) is 4.90 Å². The molecular formula is C20H31N3O4. The fourth-order valence-corrected chi connectivity index (χ4v) is 4.18. The van der Waals surface area contributed by atoms with Gasteiger partial charge in [-0.25, -0.2) is 0 Å². The second-order valence-corrected chi connectivity index (χ2v) is 7.60. The van der Waals surface area contributed by atoms with Gasteiger partial charge in [0.05, 0.1) is 12.5 Å². The summed E-state index contributed by atoms with van der Waals surface area (Å²) in [4.78, 5) is 40.6. The van der Waals surface area contributed by atoms with E-state index >= 15 is 0 Å². The summed E-state index contributed by atoms with van der Waals surface area (Å²) >= 11 is 0. The molecule has 1 atom stereocenters. The van der Waals surface area contributed by atoms with Crippen molar-refractivity contribution in [2.24, 2.45) is 5.92 Å². The van der Waals surface area contributed by atoms with Crippen LogP contribution in [0.4, 0.5) is 11.4 Å². The normalized spacial score (nSPS) is 21.8. The molecule has 0 aromatic heterocycles. The number of carbonyl (C=O) groups is 1. The Kier molecular flexibility index (Phi) is 6.88. The van der Waals surface area contributed by atoms with Gasteiger partial charge in [0.1, 0.15) is 11.4 Å². The van der Waals surface area contributed by atoms with Crippen LogP contribution in [0.25, 0.3) is 0 Å². The van der Waals surface area contributed by atoms with Gasteiger partial charge in [-0.15, -0.1) is 0 Å². The number of hydrogen-bond donors (Lipinski definition) is 1. The first-order valence-electron chi connectivity index (χ1n) is 10.3. The van der Waals surface area contributed by atoms with Crippen molar-refractivity contribution in [1.29, 1.82) is 0 Å². The summed E-state index contributed by atoms with van der Waals surface area (Å²) in [5.41, 5.74) is 0.0279. The lowest BCUT2D eigenvalue weighted by molar-refractivity contribution is -0.148. The zero-order chi connectivity index (χ0) is 19.2. The highest BCUT2D eigenvalue weighted by Crippen LogP contribution is 2.27. The minimum absolute atomic E-state index is 0.212. The number of anilines is 2. The van der Waals surface area contributed by atoms with Gasteiger partial charge in [-0.1, -0.05) is 12.8 Å². The highest BCUT2D eigenvalue weighted by Gasteiger charge is 2.32. The molecule has 3 rings (SSSR count). The molecule has 0 radical (unpaired) electrons. The molecule has 2 fully saturated rings. The molecule has 0 saturated carbocycles. The zero-order valence-corrected chi connectivity index (χ0v) is 16.3. The number of likely N-dealkylation sites (tertiary alicyclic amines) is 1. The first-order valence-corrected chi connectivity index (χ1v) is 10.3. The molecule has 150 valence electrons. The number of esters is 1. The number of nitrogens with zero attached hydrogens (tertiary/aromatic N) is 2. The number of nitrogens with one attached hydrogen (secondary N) is 1. The molecule has 7 nitrogen and oxygen atoms in total. The summed E-state index contributed by atoms with van der Waals surface area (Å²) < 4.78 is 5.12. The molecule has 0 bridgehead atoms. The molecule has 1 aromatic rings. The van der Waals surface area contributed by atoms with E-state index in [1.54, 1.807) is 6.92 Å². The van der Waals surface area contributed by atoms with Gasteiger partial charge in [-0.2, -0.15) is 0 Å². The number of ether oxygens (including phenoxy) is 1. The van der Waals surface area contributed by atoms with E-state index in [0.717, 1.165) is 32.5 Å². The molecule has 1 aromatic carbocycles. The lowest BCUT2D eigenvalue weighted by Gasteiger charge is -2.34. The largest absolute Gasteiger partial charge is 0.466 e. The SMILES string of the molecule is CCOC(=O)C1CCCN(c2c(NCCN3CCCCCC3)c(=O)c2=O)C1. The van der Waals surface area contributed by atoms with Gasteiger partial charge in [-0.3, -0.25) is 14.4 Å². The first kappa shape index (κ1) is 19.9. The van der Waals surface area contributed by atoms with Crippen molar-refractivity contribution >= 4 is 17.3 Å². The van der Waals surface area contributed by atoms with Crippen LogP contribution < -0.4 is 21.1 Å². The average Bonchev–Trinajstić information content (AvgIpc) is 2.96. The maximum atomic E-state index is 12.2. The molecule has 1 unspecified atom stereocenters. The molecule has 2 heterocycles. The second kappa shape index (κ2) is 9.35. The van der Waals surface area contributed by atoms with Crippen LogP contribution in [-0.4, -0.2) is 56.7 Å². The van der Waals surface area contributed by atoms with E-state index in [2.05, 4.69) is 10.2 Å². The Morgan fingerprint density at radius 1 is 1.07 bits per heavy atom. The van der Waals surface area contributed by atoms with Crippen molar-refractivity contribution in [3.8, 4) is 0 Å². The van der Waals surface area contributed by atoms with Crippen molar-refractivity contribution in [2.75, 3.05) is 56.1 Å². The van der Waals surface area contributed by atoms with Crippen LogP contribution in [-0.2, 0) is 9.53 Å². The highest BCUT2D eigenvalue weighted by atomic mass is 16.5. The average molecular weight is 377 g/mol. The Hall–Kier alpha value is -1.89. The minimum atomic E-state index is -0.434. The summed E-state index contributed by atoms with van der Waals surface area (Å²) in [5.74, 6) is -0.440. The van der Waals surface area contributed by atoms with Gasteiger partial charge in [0, 0.05) is 26.2 Å². The van der Waals surface area contributed by atoms with Crippen LogP contribution in [0.3, 0.4) is 0 Å². The Bertz CT molecular complexity index is 702. The Morgan fingerprint density at radius 3 is 2.52 bits per heavy atom. The molecule has 7 heteroatoms. The fraction of sp³-hybridized carbons (Fsp3) is 0.750. The molecular weight excluding hydrogens is 346 g/mol. The smallest absolute Gasteiger partial charge is 0.310 e. The Balaban J connectivity index is 1.58. The van der Waals surface area contributed by atoms with Crippen LogP contribution in [0.1, 0.15) is 45.4 Å². The number of hydrogen-bond acceptors (Lipinski definition) is 7. The molecule has 2 aliphatic rings. The quantitative estimate of drug-likeness (QED) is 0.568. The highest BCUT2D eigenvalue weighted by molar-refractivity contribution is 5.78. The number of piperidine rings is 1. The van der Waals surface area contributed by atoms with Gasteiger partial charge in [0.25, 0.3) is 10.9 Å². The zero-order valence-electron chi connectivity index (χ0n) is 16.3. The topological polar surface area (TPSA) is 79.0 Å². The molecule has 1 N–H and O–H groups in total. The first-order chi connectivity index (χ1) is 13.1. The van der Waals surface area contributed by atoms with Crippen LogP contribution in [0.15, 0.2) is 9.59 Å². The molecule has 0 aliphatic carbocycles. The molecule has 27 heavy (non-hydrogen) atoms. The Morgan fingerprint density at radius 2 is 1.81 bits per heavy atom. The lowest BCUT2D eigenvalue weighted by atomic mass is 9.96.